The Morgan fingerprint density at radius 3 is 2.64 bits per heavy atom. The lowest BCUT2D eigenvalue weighted by Gasteiger charge is -2.10. The Kier molecular flexibility index (Phi) is 6.36. The number of thioether (sulfide) groups is 1. The Labute approximate surface area is 169 Å². The Morgan fingerprint density at radius 2 is 1.89 bits per heavy atom. The summed E-state index contributed by atoms with van der Waals surface area (Å²) >= 11 is 1.35. The van der Waals surface area contributed by atoms with Gasteiger partial charge in [0.2, 0.25) is 5.91 Å². The van der Waals surface area contributed by atoms with Gasteiger partial charge in [0.05, 0.1) is 5.75 Å². The molecule has 0 aliphatic heterocycles. The van der Waals surface area contributed by atoms with Crippen LogP contribution in [0.5, 0.6) is 5.75 Å². The Balaban J connectivity index is 1.55. The van der Waals surface area contributed by atoms with Gasteiger partial charge in [0, 0.05) is 12.7 Å². The highest BCUT2D eigenvalue weighted by molar-refractivity contribution is 7.99. The fourth-order valence-corrected chi connectivity index (χ4v) is 3.46. The molecule has 0 spiro atoms. The second-order valence-electron chi connectivity index (χ2n) is 6.67. The molecule has 0 fully saturated rings. The van der Waals surface area contributed by atoms with Crippen LogP contribution >= 0.6 is 11.8 Å². The van der Waals surface area contributed by atoms with Crippen LogP contribution in [0.3, 0.4) is 0 Å². The molecule has 0 radical (unpaired) electrons. The average molecular weight is 397 g/mol. The van der Waals surface area contributed by atoms with Crippen molar-refractivity contribution < 1.29 is 9.53 Å². The van der Waals surface area contributed by atoms with E-state index >= 15 is 0 Å². The summed E-state index contributed by atoms with van der Waals surface area (Å²) in [5, 5.41) is 12.0. The number of aryl methyl sites for hydroxylation is 3. The number of rotatable bonds is 7. The summed E-state index contributed by atoms with van der Waals surface area (Å²) in [5.74, 6) is 1.73. The van der Waals surface area contributed by atoms with Crippen LogP contribution in [0.15, 0.2) is 47.6 Å². The molecule has 0 aliphatic carbocycles. The molecule has 0 unspecified atom stereocenters. The smallest absolute Gasteiger partial charge is 0.234 e. The van der Waals surface area contributed by atoms with Gasteiger partial charge in [-0.2, -0.15) is 0 Å². The molecule has 1 N–H and O–H groups in total. The number of carbonyl (C=O) groups is 1. The predicted octanol–water partition coefficient (Wildman–Crippen LogP) is 4.05. The van der Waals surface area contributed by atoms with Gasteiger partial charge in [0.25, 0.3) is 0 Å². The maximum Gasteiger partial charge on any atom is 0.234 e. The van der Waals surface area contributed by atoms with Crippen LogP contribution in [-0.2, 0) is 18.4 Å². The maximum absolute atomic E-state index is 12.2. The number of carbonyl (C=O) groups excluding carboxylic acids is 1. The van der Waals surface area contributed by atoms with Crippen molar-refractivity contribution in [2.24, 2.45) is 7.05 Å². The van der Waals surface area contributed by atoms with Gasteiger partial charge in [-0.1, -0.05) is 47.7 Å². The zero-order valence-electron chi connectivity index (χ0n) is 16.5. The van der Waals surface area contributed by atoms with Crippen molar-refractivity contribution in [3.8, 4) is 5.75 Å². The van der Waals surface area contributed by atoms with Gasteiger partial charge in [-0.05, 0) is 44.0 Å². The lowest BCUT2D eigenvalue weighted by atomic mass is 10.1. The second kappa shape index (κ2) is 8.93. The van der Waals surface area contributed by atoms with Crippen LogP contribution in [0, 0.1) is 20.8 Å². The topological polar surface area (TPSA) is 69.0 Å². The van der Waals surface area contributed by atoms with Crippen LogP contribution in [-0.4, -0.2) is 26.4 Å². The van der Waals surface area contributed by atoms with Gasteiger partial charge in [-0.25, -0.2) is 0 Å². The van der Waals surface area contributed by atoms with Gasteiger partial charge >= 0.3 is 0 Å². The molecular weight excluding hydrogens is 372 g/mol. The molecule has 0 aliphatic rings. The lowest BCUT2D eigenvalue weighted by Crippen LogP contribution is -2.15. The number of hydrogen-bond donors (Lipinski definition) is 1. The van der Waals surface area contributed by atoms with Crippen LogP contribution in [0.4, 0.5) is 5.69 Å². The SMILES string of the molecule is Cc1ccc(OCc2nnc(SCC(=O)Nc3ccccc3C)n2C)c(C)c1. The van der Waals surface area contributed by atoms with E-state index in [0.29, 0.717) is 17.6 Å². The standard InChI is InChI=1S/C21H24N4O2S/c1-14-9-10-18(16(3)11-14)27-12-19-23-24-21(25(19)4)28-13-20(26)22-17-8-6-5-7-15(17)2/h5-11H,12-13H2,1-4H3,(H,22,26). The zero-order chi connectivity index (χ0) is 20.1. The van der Waals surface area contributed by atoms with Gasteiger partial charge in [0.1, 0.15) is 12.4 Å². The first-order chi connectivity index (χ1) is 13.4. The minimum atomic E-state index is -0.0737. The van der Waals surface area contributed by atoms with Gasteiger partial charge in [0.15, 0.2) is 11.0 Å². The monoisotopic (exact) mass is 396 g/mol. The molecule has 0 bridgehead atoms. The van der Waals surface area contributed by atoms with E-state index in [4.69, 9.17) is 4.74 Å². The normalized spacial score (nSPS) is 10.7. The van der Waals surface area contributed by atoms with E-state index < -0.39 is 0 Å². The van der Waals surface area contributed by atoms with E-state index in [-0.39, 0.29) is 11.7 Å². The van der Waals surface area contributed by atoms with E-state index in [1.165, 1.54) is 17.3 Å². The first-order valence-corrected chi connectivity index (χ1v) is 9.99. The van der Waals surface area contributed by atoms with E-state index in [1.807, 2.05) is 61.9 Å². The zero-order valence-corrected chi connectivity index (χ0v) is 17.3. The molecule has 2 aromatic carbocycles. The van der Waals surface area contributed by atoms with E-state index in [9.17, 15) is 4.79 Å². The molecule has 0 atom stereocenters. The minimum Gasteiger partial charge on any atom is -0.485 e. The average Bonchev–Trinajstić information content (AvgIpc) is 3.01. The second-order valence-corrected chi connectivity index (χ2v) is 7.61. The van der Waals surface area contributed by atoms with Crippen LogP contribution in [0.25, 0.3) is 0 Å². The van der Waals surface area contributed by atoms with Crippen LogP contribution in [0.2, 0.25) is 0 Å². The van der Waals surface area contributed by atoms with Crippen molar-refractivity contribution in [2.45, 2.75) is 32.5 Å². The summed E-state index contributed by atoms with van der Waals surface area (Å²) in [5.41, 5.74) is 4.15. The van der Waals surface area contributed by atoms with E-state index in [1.54, 1.807) is 0 Å². The molecule has 6 nitrogen and oxygen atoms in total. The van der Waals surface area contributed by atoms with Gasteiger partial charge in [-0.15, -0.1) is 10.2 Å². The molecule has 1 heterocycles. The van der Waals surface area contributed by atoms with Crippen molar-refractivity contribution in [1.82, 2.24) is 14.8 Å². The molecule has 0 saturated carbocycles. The molecule has 0 saturated heterocycles. The van der Waals surface area contributed by atoms with Crippen molar-refractivity contribution >= 4 is 23.4 Å². The Hall–Kier alpha value is -2.80. The molecule has 1 amide bonds. The molecule has 1 aromatic heterocycles. The Bertz CT molecular complexity index is 984. The molecule has 3 aromatic rings. The largest absolute Gasteiger partial charge is 0.485 e. The maximum atomic E-state index is 12.2. The first kappa shape index (κ1) is 19.9. The van der Waals surface area contributed by atoms with E-state index in [2.05, 4.69) is 28.5 Å². The van der Waals surface area contributed by atoms with Gasteiger partial charge in [-0.3, -0.25) is 4.79 Å². The number of amides is 1. The lowest BCUT2D eigenvalue weighted by molar-refractivity contribution is -0.113. The highest BCUT2D eigenvalue weighted by atomic mass is 32.2. The summed E-state index contributed by atoms with van der Waals surface area (Å²) in [7, 11) is 1.88. The third kappa shape index (κ3) is 4.92. The number of nitrogens with one attached hydrogen (secondary N) is 1. The first-order valence-electron chi connectivity index (χ1n) is 9.00. The van der Waals surface area contributed by atoms with Crippen molar-refractivity contribution in [3.63, 3.8) is 0 Å². The van der Waals surface area contributed by atoms with Crippen molar-refractivity contribution in [3.05, 3.63) is 65.0 Å². The quantitative estimate of drug-likeness (QED) is 0.610. The number of para-hydroxylation sites is 1. The molecule has 7 heteroatoms. The third-order valence-corrected chi connectivity index (χ3v) is 5.38. The Morgan fingerprint density at radius 1 is 1.11 bits per heavy atom. The highest BCUT2D eigenvalue weighted by Gasteiger charge is 2.13. The fourth-order valence-electron chi connectivity index (χ4n) is 2.73. The third-order valence-electron chi connectivity index (χ3n) is 4.36. The van der Waals surface area contributed by atoms with Crippen molar-refractivity contribution in [2.75, 3.05) is 11.1 Å². The van der Waals surface area contributed by atoms with Crippen LogP contribution in [0.1, 0.15) is 22.5 Å². The summed E-state index contributed by atoms with van der Waals surface area (Å²) < 4.78 is 7.73. The number of anilines is 1. The number of nitrogens with zero attached hydrogens (tertiary/aromatic N) is 3. The molecule has 3 rings (SSSR count). The van der Waals surface area contributed by atoms with Gasteiger partial charge < -0.3 is 14.6 Å². The highest BCUT2D eigenvalue weighted by Crippen LogP contribution is 2.21. The fraction of sp³-hybridized carbons (Fsp3) is 0.286. The molecule has 28 heavy (non-hydrogen) atoms. The summed E-state index contributed by atoms with van der Waals surface area (Å²) in [6.45, 7) is 6.36. The number of aromatic nitrogens is 3. The number of ether oxygens (including phenoxy) is 1. The minimum absolute atomic E-state index is 0.0737. The van der Waals surface area contributed by atoms with Crippen molar-refractivity contribution in [1.29, 1.82) is 0 Å². The summed E-state index contributed by atoms with van der Waals surface area (Å²) in [6.07, 6.45) is 0. The number of benzene rings is 2. The summed E-state index contributed by atoms with van der Waals surface area (Å²) in [6, 6.07) is 13.8. The predicted molar refractivity (Wildman–Crippen MR) is 112 cm³/mol. The number of hydrogen-bond acceptors (Lipinski definition) is 5. The van der Waals surface area contributed by atoms with E-state index in [0.717, 1.165) is 22.6 Å². The summed E-state index contributed by atoms with van der Waals surface area (Å²) in [4.78, 5) is 12.2. The molecule has 146 valence electrons. The molecular formula is C21H24N4O2S. The van der Waals surface area contributed by atoms with Crippen LogP contribution < -0.4 is 10.1 Å².